The molecule has 0 bridgehead atoms. The summed E-state index contributed by atoms with van der Waals surface area (Å²) in [6.45, 7) is 5.12. The minimum atomic E-state index is 0.543. The van der Waals surface area contributed by atoms with Crippen LogP contribution in [0.3, 0.4) is 0 Å². The molecule has 0 fully saturated rings. The number of nitrogens with zero attached hydrogens (tertiary/aromatic N) is 1. The summed E-state index contributed by atoms with van der Waals surface area (Å²) in [7, 11) is 0. The van der Waals surface area contributed by atoms with E-state index in [0.29, 0.717) is 5.92 Å². The van der Waals surface area contributed by atoms with Crippen molar-refractivity contribution in [2.75, 3.05) is 11.6 Å². The molecule has 2 heteroatoms. The molecule has 1 aromatic carbocycles. The van der Waals surface area contributed by atoms with Crippen LogP contribution in [-0.4, -0.2) is 11.8 Å². The van der Waals surface area contributed by atoms with E-state index in [-0.39, 0.29) is 0 Å². The highest BCUT2D eigenvalue weighted by atomic mass is 16.5. The molecule has 1 aliphatic heterocycles. The SMILES string of the molecule is CC(C)c1cccc2c1CCN2O. The number of hydrogen-bond acceptors (Lipinski definition) is 2. The van der Waals surface area contributed by atoms with Crippen molar-refractivity contribution in [1.82, 2.24) is 0 Å². The third kappa shape index (κ3) is 1.31. The Hall–Kier alpha value is -1.02. The van der Waals surface area contributed by atoms with Gasteiger partial charge in [0.1, 0.15) is 0 Å². The fraction of sp³-hybridized carbons (Fsp3) is 0.455. The summed E-state index contributed by atoms with van der Waals surface area (Å²) in [5, 5.41) is 10.9. The molecule has 1 aliphatic rings. The van der Waals surface area contributed by atoms with E-state index in [2.05, 4.69) is 19.9 Å². The molecule has 0 aliphatic carbocycles. The van der Waals surface area contributed by atoms with Gasteiger partial charge in [-0.3, -0.25) is 10.3 Å². The van der Waals surface area contributed by atoms with Crippen LogP contribution in [0.5, 0.6) is 0 Å². The molecule has 0 radical (unpaired) electrons. The lowest BCUT2D eigenvalue weighted by atomic mass is 9.96. The van der Waals surface area contributed by atoms with Crippen LogP contribution in [0, 0.1) is 0 Å². The molecule has 0 spiro atoms. The third-order valence-corrected chi connectivity index (χ3v) is 2.66. The van der Waals surface area contributed by atoms with Crippen molar-refractivity contribution >= 4 is 5.69 Å². The molecule has 0 atom stereocenters. The number of hydrogen-bond donors (Lipinski definition) is 1. The van der Waals surface area contributed by atoms with E-state index in [1.807, 2.05) is 12.1 Å². The van der Waals surface area contributed by atoms with Gasteiger partial charge in [0.2, 0.25) is 0 Å². The smallest absolute Gasteiger partial charge is 0.0669 e. The van der Waals surface area contributed by atoms with Gasteiger partial charge in [0.25, 0.3) is 0 Å². The number of anilines is 1. The van der Waals surface area contributed by atoms with Crippen molar-refractivity contribution in [3.8, 4) is 0 Å². The van der Waals surface area contributed by atoms with Gasteiger partial charge in [-0.15, -0.1) is 0 Å². The topological polar surface area (TPSA) is 23.5 Å². The zero-order chi connectivity index (χ0) is 9.42. The van der Waals surface area contributed by atoms with Crippen LogP contribution in [0.4, 0.5) is 5.69 Å². The quantitative estimate of drug-likeness (QED) is 0.712. The first-order chi connectivity index (χ1) is 6.20. The molecule has 0 saturated carbocycles. The third-order valence-electron chi connectivity index (χ3n) is 2.66. The Balaban J connectivity index is 2.51. The van der Waals surface area contributed by atoms with E-state index in [9.17, 15) is 5.21 Å². The van der Waals surface area contributed by atoms with Crippen LogP contribution in [0.15, 0.2) is 18.2 Å². The normalized spacial score (nSPS) is 15.2. The van der Waals surface area contributed by atoms with E-state index in [1.54, 1.807) is 0 Å². The molecule has 70 valence electrons. The van der Waals surface area contributed by atoms with Gasteiger partial charge in [-0.25, -0.2) is 0 Å². The van der Waals surface area contributed by atoms with E-state index >= 15 is 0 Å². The molecular formula is C11H15NO. The standard InChI is InChI=1S/C11H15NO/c1-8(2)9-4-3-5-11-10(9)6-7-12(11)13/h3-5,8,13H,6-7H2,1-2H3. The Bertz CT molecular complexity index is 320. The molecule has 2 nitrogen and oxygen atoms in total. The molecule has 0 saturated heterocycles. The second-order valence-electron chi connectivity index (χ2n) is 3.87. The average molecular weight is 177 g/mol. The highest BCUT2D eigenvalue weighted by molar-refractivity contribution is 5.59. The summed E-state index contributed by atoms with van der Waals surface area (Å²) in [5.74, 6) is 0.543. The summed E-state index contributed by atoms with van der Waals surface area (Å²) in [6, 6.07) is 6.15. The van der Waals surface area contributed by atoms with Crippen LogP contribution >= 0.6 is 0 Å². The van der Waals surface area contributed by atoms with Crippen molar-refractivity contribution in [2.45, 2.75) is 26.2 Å². The van der Waals surface area contributed by atoms with Gasteiger partial charge < -0.3 is 0 Å². The maximum atomic E-state index is 9.52. The van der Waals surface area contributed by atoms with Gasteiger partial charge in [-0.05, 0) is 29.5 Å². The monoisotopic (exact) mass is 177 g/mol. The Morgan fingerprint density at radius 1 is 1.38 bits per heavy atom. The first-order valence-electron chi connectivity index (χ1n) is 4.78. The van der Waals surface area contributed by atoms with Crippen LogP contribution in [0.2, 0.25) is 0 Å². The Morgan fingerprint density at radius 2 is 2.15 bits per heavy atom. The first-order valence-corrected chi connectivity index (χ1v) is 4.78. The Labute approximate surface area is 78.8 Å². The number of fused-ring (bicyclic) bond motifs is 1. The average Bonchev–Trinajstić information content (AvgIpc) is 2.48. The van der Waals surface area contributed by atoms with Gasteiger partial charge in [0.15, 0.2) is 0 Å². The maximum Gasteiger partial charge on any atom is 0.0669 e. The molecule has 2 rings (SSSR count). The predicted molar refractivity (Wildman–Crippen MR) is 53.4 cm³/mol. The second-order valence-corrected chi connectivity index (χ2v) is 3.87. The predicted octanol–water partition coefficient (Wildman–Crippen LogP) is 2.56. The zero-order valence-corrected chi connectivity index (χ0v) is 8.12. The molecule has 1 heterocycles. The molecular weight excluding hydrogens is 162 g/mol. The van der Waals surface area contributed by atoms with E-state index in [4.69, 9.17) is 0 Å². The Morgan fingerprint density at radius 3 is 2.85 bits per heavy atom. The van der Waals surface area contributed by atoms with Crippen molar-refractivity contribution in [3.63, 3.8) is 0 Å². The summed E-state index contributed by atoms with van der Waals surface area (Å²) >= 11 is 0. The van der Waals surface area contributed by atoms with Crippen LogP contribution < -0.4 is 5.06 Å². The van der Waals surface area contributed by atoms with Gasteiger partial charge in [-0.2, -0.15) is 0 Å². The maximum absolute atomic E-state index is 9.52. The largest absolute Gasteiger partial charge is 0.288 e. The molecule has 1 aromatic rings. The van der Waals surface area contributed by atoms with Crippen LogP contribution in [-0.2, 0) is 6.42 Å². The fourth-order valence-corrected chi connectivity index (χ4v) is 1.99. The van der Waals surface area contributed by atoms with Crippen molar-refractivity contribution in [2.24, 2.45) is 0 Å². The first kappa shape index (κ1) is 8.57. The lowest BCUT2D eigenvalue weighted by molar-refractivity contribution is 0.264. The molecule has 0 amide bonds. The minimum Gasteiger partial charge on any atom is -0.288 e. The lowest BCUT2D eigenvalue weighted by Gasteiger charge is -2.13. The summed E-state index contributed by atoms with van der Waals surface area (Å²) in [6.07, 6.45) is 0.972. The van der Waals surface area contributed by atoms with Crippen molar-refractivity contribution in [1.29, 1.82) is 0 Å². The lowest BCUT2D eigenvalue weighted by Crippen LogP contribution is -2.13. The summed E-state index contributed by atoms with van der Waals surface area (Å²) < 4.78 is 0. The molecule has 13 heavy (non-hydrogen) atoms. The highest BCUT2D eigenvalue weighted by Gasteiger charge is 2.20. The summed E-state index contributed by atoms with van der Waals surface area (Å²) in [4.78, 5) is 0. The van der Waals surface area contributed by atoms with Crippen molar-refractivity contribution < 1.29 is 5.21 Å². The minimum absolute atomic E-state index is 0.543. The molecule has 0 aromatic heterocycles. The number of hydroxylamine groups is 1. The van der Waals surface area contributed by atoms with Gasteiger partial charge in [0.05, 0.1) is 5.69 Å². The second kappa shape index (κ2) is 3.04. The van der Waals surface area contributed by atoms with Gasteiger partial charge in [-0.1, -0.05) is 26.0 Å². The molecule has 0 unspecified atom stereocenters. The van der Waals surface area contributed by atoms with Crippen molar-refractivity contribution in [3.05, 3.63) is 29.3 Å². The highest BCUT2D eigenvalue weighted by Crippen LogP contribution is 2.32. The van der Waals surface area contributed by atoms with Crippen LogP contribution in [0.25, 0.3) is 0 Å². The van der Waals surface area contributed by atoms with E-state index in [0.717, 1.165) is 18.7 Å². The van der Waals surface area contributed by atoms with Crippen LogP contribution in [0.1, 0.15) is 30.9 Å². The van der Waals surface area contributed by atoms with Gasteiger partial charge in [0, 0.05) is 6.54 Å². The Kier molecular flexibility index (Phi) is 2.00. The fourth-order valence-electron chi connectivity index (χ4n) is 1.99. The van der Waals surface area contributed by atoms with Gasteiger partial charge >= 0.3 is 0 Å². The van der Waals surface area contributed by atoms with E-state index < -0.39 is 0 Å². The molecule has 1 N–H and O–H groups in total. The zero-order valence-electron chi connectivity index (χ0n) is 8.12. The number of rotatable bonds is 1. The summed E-state index contributed by atoms with van der Waals surface area (Å²) in [5.41, 5.74) is 3.68. The number of benzene rings is 1. The van der Waals surface area contributed by atoms with E-state index in [1.165, 1.54) is 16.2 Å².